The Kier molecular flexibility index (Phi) is 9.10. The van der Waals surface area contributed by atoms with Crippen LogP contribution in [0.4, 0.5) is 26.7 Å². The van der Waals surface area contributed by atoms with Crippen molar-refractivity contribution in [3.8, 4) is 17.1 Å². The lowest BCUT2D eigenvalue weighted by Gasteiger charge is -2.31. The van der Waals surface area contributed by atoms with Gasteiger partial charge in [-0.3, -0.25) is 14.7 Å². The van der Waals surface area contributed by atoms with E-state index in [0.29, 0.717) is 5.56 Å². The van der Waals surface area contributed by atoms with E-state index in [1.165, 1.54) is 42.2 Å². The van der Waals surface area contributed by atoms with E-state index < -0.39 is 48.6 Å². The van der Waals surface area contributed by atoms with E-state index in [0.717, 1.165) is 15.9 Å². The normalized spacial score (nSPS) is 15.0. The van der Waals surface area contributed by atoms with E-state index in [1.807, 2.05) is 5.32 Å². The Hall–Kier alpha value is -5.20. The maximum atomic E-state index is 14.0. The molecule has 2 heterocycles. The van der Waals surface area contributed by atoms with Crippen molar-refractivity contribution in [3.63, 3.8) is 0 Å². The number of benzene rings is 2. The molecule has 2 aromatic heterocycles. The van der Waals surface area contributed by atoms with Gasteiger partial charge in [-0.1, -0.05) is 29.8 Å². The maximum absolute atomic E-state index is 14.0. The summed E-state index contributed by atoms with van der Waals surface area (Å²) >= 11 is 6.33. The van der Waals surface area contributed by atoms with Crippen molar-refractivity contribution in [1.82, 2.24) is 45.2 Å². The Bertz CT molecular complexity index is 1810. The second kappa shape index (κ2) is 12.9. The fraction of sp³-hybridized carbons (Fsp3) is 0.333. The molecule has 47 heavy (non-hydrogen) atoms. The molecule has 3 N–H and O–H groups in total. The lowest BCUT2D eigenvalue weighted by atomic mass is 10.0. The van der Waals surface area contributed by atoms with E-state index in [4.69, 9.17) is 22.1 Å². The number of tetrazole rings is 1. The highest BCUT2D eigenvalue weighted by Gasteiger charge is 2.64. The molecule has 2 amide bonds. The number of carbonyl (C=O) groups excluding carboxylic acids is 2. The molecular formula is C27H25ClF5N11O3. The first-order valence-corrected chi connectivity index (χ1v) is 14.0. The molecule has 0 aliphatic heterocycles. The number of nitrogens with zero attached hydrogens (tertiary/aromatic N) is 9. The average Bonchev–Trinajstić information content (AvgIpc) is 3.44. The summed E-state index contributed by atoms with van der Waals surface area (Å²) in [5.41, 5.74) is 4.39. The number of aromatic nitrogens is 7. The molecule has 0 saturated heterocycles. The van der Waals surface area contributed by atoms with Gasteiger partial charge in [0.25, 0.3) is 12.3 Å². The number of aryl methyl sites for hydroxylation is 1. The van der Waals surface area contributed by atoms with Gasteiger partial charge in [0.1, 0.15) is 18.5 Å². The van der Waals surface area contributed by atoms with Crippen molar-refractivity contribution in [2.45, 2.75) is 37.0 Å². The molecule has 2 aromatic carbocycles. The minimum atomic E-state index is -4.72. The van der Waals surface area contributed by atoms with Crippen LogP contribution in [0.3, 0.4) is 0 Å². The van der Waals surface area contributed by atoms with Gasteiger partial charge in [0.05, 0.1) is 23.8 Å². The molecule has 14 nitrogen and oxygen atoms in total. The molecule has 1 saturated carbocycles. The quantitative estimate of drug-likeness (QED) is 0.151. The summed E-state index contributed by atoms with van der Waals surface area (Å²) in [6, 6.07) is 8.57. The van der Waals surface area contributed by atoms with E-state index in [1.54, 1.807) is 19.2 Å². The van der Waals surface area contributed by atoms with Crippen LogP contribution in [0.1, 0.15) is 47.1 Å². The molecular weight excluding hydrogens is 657 g/mol. The smallest absolute Gasteiger partial charge is 0.411 e. The van der Waals surface area contributed by atoms with Gasteiger partial charge in [0.2, 0.25) is 5.82 Å². The number of hydrogen-bond acceptors (Lipinski definition) is 9. The number of alkyl halides is 5. The van der Waals surface area contributed by atoms with E-state index >= 15 is 0 Å². The SMILES string of the molecule is CN=C(N)N(C(=O)c1ccc(-c2nnn(C)n2)cc1)[C@H](COC(=O)NC1(C(F)(F)F)CC1)c1ccc(Cl)c(-n2ncnc2C(F)F)c1. The second-order valence-electron chi connectivity index (χ2n) is 10.3. The number of rotatable bonds is 9. The zero-order valence-electron chi connectivity index (χ0n) is 24.5. The van der Waals surface area contributed by atoms with Crippen molar-refractivity contribution < 1.29 is 36.3 Å². The molecule has 1 atom stereocenters. The Morgan fingerprint density at radius 1 is 1.19 bits per heavy atom. The predicted molar refractivity (Wildman–Crippen MR) is 155 cm³/mol. The van der Waals surface area contributed by atoms with Crippen molar-refractivity contribution in [3.05, 3.63) is 70.8 Å². The van der Waals surface area contributed by atoms with Gasteiger partial charge < -0.3 is 15.8 Å². The summed E-state index contributed by atoms with van der Waals surface area (Å²) in [7, 11) is 2.86. The molecule has 0 spiro atoms. The van der Waals surface area contributed by atoms with Crippen LogP contribution in [0.25, 0.3) is 17.1 Å². The van der Waals surface area contributed by atoms with Crippen LogP contribution in [0, 0.1) is 0 Å². The van der Waals surface area contributed by atoms with Crippen LogP contribution in [0.15, 0.2) is 53.8 Å². The van der Waals surface area contributed by atoms with Crippen LogP contribution < -0.4 is 11.1 Å². The molecule has 248 valence electrons. The van der Waals surface area contributed by atoms with Crippen molar-refractivity contribution in [2.75, 3.05) is 13.7 Å². The van der Waals surface area contributed by atoms with E-state index in [-0.39, 0.29) is 46.5 Å². The van der Waals surface area contributed by atoms with Crippen LogP contribution in [-0.2, 0) is 11.8 Å². The van der Waals surface area contributed by atoms with E-state index in [2.05, 4.69) is 30.5 Å². The summed E-state index contributed by atoms with van der Waals surface area (Å²) < 4.78 is 73.8. The number of alkyl carbamates (subject to hydrolysis) is 1. The average molecular weight is 682 g/mol. The molecule has 20 heteroatoms. The topological polar surface area (TPSA) is 171 Å². The third-order valence-corrected chi connectivity index (χ3v) is 7.58. The first kappa shape index (κ1) is 33.2. The van der Waals surface area contributed by atoms with Crippen LogP contribution in [0.5, 0.6) is 0 Å². The highest BCUT2D eigenvalue weighted by atomic mass is 35.5. The Labute approximate surface area is 267 Å². The number of halogens is 6. The van der Waals surface area contributed by atoms with Crippen LogP contribution in [0.2, 0.25) is 5.02 Å². The van der Waals surface area contributed by atoms with Crippen molar-refractivity contribution in [2.24, 2.45) is 17.8 Å². The van der Waals surface area contributed by atoms with Gasteiger partial charge in [0, 0.05) is 18.2 Å². The monoisotopic (exact) mass is 681 g/mol. The lowest BCUT2D eigenvalue weighted by Crippen LogP contribution is -2.49. The fourth-order valence-electron chi connectivity index (χ4n) is 4.61. The third kappa shape index (κ3) is 6.83. The second-order valence-corrected chi connectivity index (χ2v) is 10.7. The highest BCUT2D eigenvalue weighted by molar-refractivity contribution is 6.32. The molecule has 5 rings (SSSR count). The Morgan fingerprint density at radius 3 is 2.47 bits per heavy atom. The number of amides is 2. The molecule has 1 aliphatic rings. The molecule has 4 aromatic rings. The summed E-state index contributed by atoms with van der Waals surface area (Å²) in [6.45, 7) is -0.747. The number of aliphatic imine (C=N–C) groups is 1. The standard InChI is InChI=1S/C27H25ClF5N11O3/c1-35-24(34)43(23(45)15-5-3-14(4-6-15)21-39-41-42(2)40-21)19(12-47-25(46)38-26(9-10-26)27(31,32)33)16-7-8-17(28)18(11-16)44-22(20(29)30)36-13-37-44/h3-8,11,13,19-20H,9-10,12H2,1-2H3,(H2,34,35)(H,38,46)/t19-/m1/s1. The van der Waals surface area contributed by atoms with E-state index in [9.17, 15) is 31.5 Å². The Balaban J connectivity index is 1.53. The molecule has 1 fully saturated rings. The predicted octanol–water partition coefficient (Wildman–Crippen LogP) is 4.00. The molecule has 0 radical (unpaired) electrons. The van der Waals surface area contributed by atoms with Crippen LogP contribution in [-0.4, -0.2) is 83.2 Å². The third-order valence-electron chi connectivity index (χ3n) is 7.26. The zero-order valence-corrected chi connectivity index (χ0v) is 25.2. The zero-order chi connectivity index (χ0) is 34.1. The van der Waals surface area contributed by atoms with Crippen molar-refractivity contribution >= 4 is 29.6 Å². The first-order valence-electron chi connectivity index (χ1n) is 13.6. The number of nitrogens with two attached hydrogens (primary N) is 1. The largest absolute Gasteiger partial charge is 0.447 e. The van der Waals surface area contributed by atoms with Gasteiger partial charge in [-0.15, -0.1) is 10.2 Å². The number of guanidine groups is 1. The minimum Gasteiger partial charge on any atom is -0.447 e. The number of ether oxygens (including phenoxy) is 1. The summed E-state index contributed by atoms with van der Waals surface area (Å²) in [6.07, 6.45) is -8.94. The van der Waals surface area contributed by atoms with Crippen LogP contribution >= 0.6 is 11.6 Å². The number of nitrogens with one attached hydrogen (secondary N) is 1. The highest BCUT2D eigenvalue weighted by Crippen LogP contribution is 2.49. The molecule has 0 unspecified atom stereocenters. The van der Waals surface area contributed by atoms with Crippen molar-refractivity contribution in [1.29, 1.82) is 0 Å². The summed E-state index contributed by atoms with van der Waals surface area (Å²) in [4.78, 5) is 36.3. The van der Waals surface area contributed by atoms with Gasteiger partial charge >= 0.3 is 12.3 Å². The summed E-state index contributed by atoms with van der Waals surface area (Å²) in [5, 5.41) is 17.4. The number of carbonyl (C=O) groups is 2. The van der Waals surface area contributed by atoms with Gasteiger partial charge in [-0.25, -0.2) is 23.2 Å². The molecule has 0 bridgehead atoms. The lowest BCUT2D eigenvalue weighted by molar-refractivity contribution is -0.164. The number of hydrogen-bond donors (Lipinski definition) is 2. The van der Waals surface area contributed by atoms with Gasteiger partial charge in [0.15, 0.2) is 11.8 Å². The summed E-state index contributed by atoms with van der Waals surface area (Å²) in [5.74, 6) is -1.59. The van der Waals surface area contributed by atoms with Gasteiger partial charge in [-0.05, 0) is 47.9 Å². The Morgan fingerprint density at radius 2 is 1.89 bits per heavy atom. The minimum absolute atomic E-state index is 0.0392. The van der Waals surface area contributed by atoms with Gasteiger partial charge in [-0.2, -0.15) is 23.1 Å². The maximum Gasteiger partial charge on any atom is 0.411 e. The fourth-order valence-corrected chi connectivity index (χ4v) is 4.81. The molecule has 1 aliphatic carbocycles. The first-order chi connectivity index (χ1) is 22.2.